The molecule has 2 unspecified atom stereocenters. The Kier molecular flexibility index (Phi) is 3.02. The molecular weight excluding hydrogens is 170 g/mol. The Morgan fingerprint density at radius 2 is 2.46 bits per heavy atom. The van der Waals surface area contributed by atoms with Gasteiger partial charge in [-0.05, 0) is 20.3 Å². The fourth-order valence-electron chi connectivity index (χ4n) is 1.30. The van der Waals surface area contributed by atoms with Gasteiger partial charge in [-0.15, -0.1) is 0 Å². The molecule has 0 aromatic carbocycles. The summed E-state index contributed by atoms with van der Waals surface area (Å²) in [5.41, 5.74) is 0. The largest absolute Gasteiger partial charge is 0.348 e. The van der Waals surface area contributed by atoms with Crippen LogP contribution in [-0.2, 0) is 14.3 Å². The second kappa shape index (κ2) is 3.86. The minimum absolute atomic E-state index is 0.134. The summed E-state index contributed by atoms with van der Waals surface area (Å²) in [5, 5.41) is 8.54. The fraction of sp³-hybridized carbons (Fsp3) is 0.778. The van der Waals surface area contributed by atoms with Crippen molar-refractivity contribution in [1.29, 1.82) is 5.26 Å². The topological polar surface area (TPSA) is 59.3 Å². The van der Waals surface area contributed by atoms with Gasteiger partial charge in [-0.1, -0.05) is 0 Å². The van der Waals surface area contributed by atoms with Crippen LogP contribution in [0.2, 0.25) is 0 Å². The first-order valence-corrected chi connectivity index (χ1v) is 4.24. The Bertz CT molecular complexity index is 232. The molecule has 0 saturated carbocycles. The van der Waals surface area contributed by atoms with Gasteiger partial charge in [0, 0.05) is 0 Å². The fourth-order valence-corrected chi connectivity index (χ4v) is 1.30. The van der Waals surface area contributed by atoms with Gasteiger partial charge < -0.3 is 14.3 Å². The quantitative estimate of drug-likeness (QED) is 0.609. The maximum atomic E-state index is 10.4. The zero-order chi connectivity index (χ0) is 9.90. The summed E-state index contributed by atoms with van der Waals surface area (Å²) in [6, 6.07) is 1.90. The predicted molar refractivity (Wildman–Crippen MR) is 44.7 cm³/mol. The van der Waals surface area contributed by atoms with E-state index in [0.29, 0.717) is 19.3 Å². The Balaban J connectivity index is 2.40. The lowest BCUT2D eigenvalue weighted by molar-refractivity contribution is -0.140. The molecule has 1 heterocycles. The first-order valence-electron chi connectivity index (χ1n) is 4.24. The third-order valence-electron chi connectivity index (χ3n) is 1.91. The number of hydrogen-bond acceptors (Lipinski definition) is 4. The number of nitriles is 1. The van der Waals surface area contributed by atoms with Gasteiger partial charge in [0.05, 0.1) is 18.8 Å². The smallest absolute Gasteiger partial charge is 0.163 e. The van der Waals surface area contributed by atoms with E-state index in [1.54, 1.807) is 0 Å². The number of nitrogens with zero attached hydrogens (tertiary/aromatic N) is 1. The standard InChI is InChI=1S/C9H13NO3/c1-9(2)12-6-8(13-9)3-7(4-10)5-11/h5,7-8H,3,6H2,1-2H3. The Labute approximate surface area is 77.4 Å². The molecule has 0 aliphatic carbocycles. The van der Waals surface area contributed by atoms with Crippen LogP contribution in [0.5, 0.6) is 0 Å². The highest BCUT2D eigenvalue weighted by atomic mass is 16.7. The summed E-state index contributed by atoms with van der Waals surface area (Å²) in [6.45, 7) is 4.09. The molecular formula is C9H13NO3. The minimum Gasteiger partial charge on any atom is -0.348 e. The molecule has 0 bridgehead atoms. The van der Waals surface area contributed by atoms with Crippen molar-refractivity contribution < 1.29 is 14.3 Å². The van der Waals surface area contributed by atoms with E-state index in [0.717, 1.165) is 0 Å². The molecule has 1 rings (SSSR count). The first-order chi connectivity index (χ1) is 6.07. The summed E-state index contributed by atoms with van der Waals surface area (Å²) in [4.78, 5) is 10.4. The van der Waals surface area contributed by atoms with E-state index in [1.807, 2.05) is 19.9 Å². The van der Waals surface area contributed by atoms with Crippen molar-refractivity contribution in [3.05, 3.63) is 0 Å². The van der Waals surface area contributed by atoms with Crippen LogP contribution in [0.4, 0.5) is 0 Å². The van der Waals surface area contributed by atoms with Crippen LogP contribution < -0.4 is 0 Å². The highest BCUT2D eigenvalue weighted by molar-refractivity contribution is 5.57. The molecule has 1 fully saturated rings. The summed E-state index contributed by atoms with van der Waals surface area (Å²) < 4.78 is 10.7. The van der Waals surface area contributed by atoms with Gasteiger partial charge in [0.2, 0.25) is 0 Å². The highest BCUT2D eigenvalue weighted by Gasteiger charge is 2.33. The van der Waals surface area contributed by atoms with Gasteiger partial charge in [0.1, 0.15) is 12.2 Å². The van der Waals surface area contributed by atoms with E-state index in [2.05, 4.69) is 0 Å². The van der Waals surface area contributed by atoms with Crippen molar-refractivity contribution in [1.82, 2.24) is 0 Å². The first kappa shape index (κ1) is 10.2. The Morgan fingerprint density at radius 1 is 1.77 bits per heavy atom. The normalized spacial score (nSPS) is 27.9. The van der Waals surface area contributed by atoms with E-state index in [-0.39, 0.29) is 6.10 Å². The number of carbonyl (C=O) groups excluding carboxylic acids is 1. The van der Waals surface area contributed by atoms with Gasteiger partial charge in [0.25, 0.3) is 0 Å². The van der Waals surface area contributed by atoms with Gasteiger partial charge in [-0.3, -0.25) is 0 Å². The number of rotatable bonds is 3. The molecule has 4 nitrogen and oxygen atoms in total. The lowest BCUT2D eigenvalue weighted by Gasteiger charge is -2.17. The molecule has 1 aliphatic heterocycles. The van der Waals surface area contributed by atoms with Crippen molar-refractivity contribution in [3.63, 3.8) is 0 Å². The predicted octanol–water partition coefficient (Wildman–Crippen LogP) is 0.867. The zero-order valence-electron chi connectivity index (χ0n) is 7.82. The van der Waals surface area contributed by atoms with E-state index >= 15 is 0 Å². The third kappa shape index (κ3) is 2.79. The van der Waals surface area contributed by atoms with E-state index in [1.165, 1.54) is 0 Å². The molecule has 4 heteroatoms. The van der Waals surface area contributed by atoms with Crippen molar-refractivity contribution in [2.75, 3.05) is 6.61 Å². The van der Waals surface area contributed by atoms with Crippen molar-refractivity contribution in [2.24, 2.45) is 5.92 Å². The average Bonchev–Trinajstić information content (AvgIpc) is 2.41. The van der Waals surface area contributed by atoms with Crippen LogP contribution in [0.1, 0.15) is 20.3 Å². The van der Waals surface area contributed by atoms with Crippen molar-refractivity contribution in [3.8, 4) is 6.07 Å². The number of hydrogen-bond donors (Lipinski definition) is 0. The average molecular weight is 183 g/mol. The van der Waals surface area contributed by atoms with Gasteiger partial charge in [-0.2, -0.15) is 5.26 Å². The maximum absolute atomic E-state index is 10.4. The van der Waals surface area contributed by atoms with E-state index in [9.17, 15) is 4.79 Å². The molecule has 13 heavy (non-hydrogen) atoms. The number of carbonyl (C=O) groups is 1. The van der Waals surface area contributed by atoms with Crippen LogP contribution in [0, 0.1) is 17.2 Å². The van der Waals surface area contributed by atoms with Gasteiger partial charge in [0.15, 0.2) is 5.79 Å². The summed E-state index contributed by atoms with van der Waals surface area (Å²) in [6.07, 6.45) is 0.933. The van der Waals surface area contributed by atoms with Gasteiger partial charge in [-0.25, -0.2) is 0 Å². The minimum atomic E-state index is -0.581. The molecule has 0 N–H and O–H groups in total. The summed E-state index contributed by atoms with van der Waals surface area (Å²) in [5.74, 6) is -1.16. The number of aldehydes is 1. The Morgan fingerprint density at radius 3 is 2.85 bits per heavy atom. The Hall–Kier alpha value is -0.920. The second-order valence-electron chi connectivity index (χ2n) is 3.56. The molecule has 0 aromatic heterocycles. The second-order valence-corrected chi connectivity index (χ2v) is 3.56. The molecule has 2 atom stereocenters. The molecule has 0 radical (unpaired) electrons. The van der Waals surface area contributed by atoms with E-state index < -0.39 is 11.7 Å². The monoisotopic (exact) mass is 183 g/mol. The lowest BCUT2D eigenvalue weighted by atomic mass is 10.1. The summed E-state index contributed by atoms with van der Waals surface area (Å²) >= 11 is 0. The molecule has 72 valence electrons. The van der Waals surface area contributed by atoms with Crippen molar-refractivity contribution in [2.45, 2.75) is 32.2 Å². The van der Waals surface area contributed by atoms with Crippen LogP contribution in [0.3, 0.4) is 0 Å². The van der Waals surface area contributed by atoms with Gasteiger partial charge >= 0.3 is 0 Å². The summed E-state index contributed by atoms with van der Waals surface area (Å²) in [7, 11) is 0. The van der Waals surface area contributed by atoms with Crippen LogP contribution in [0.15, 0.2) is 0 Å². The lowest BCUT2D eigenvalue weighted by Crippen LogP contribution is -2.22. The third-order valence-corrected chi connectivity index (χ3v) is 1.91. The maximum Gasteiger partial charge on any atom is 0.163 e. The molecule has 0 amide bonds. The molecule has 0 spiro atoms. The molecule has 1 aliphatic rings. The van der Waals surface area contributed by atoms with Crippen molar-refractivity contribution >= 4 is 6.29 Å². The van der Waals surface area contributed by atoms with Crippen LogP contribution in [0.25, 0.3) is 0 Å². The SMILES string of the molecule is CC1(C)OCC(CC(C#N)C=O)O1. The van der Waals surface area contributed by atoms with E-state index in [4.69, 9.17) is 14.7 Å². The highest BCUT2D eigenvalue weighted by Crippen LogP contribution is 2.25. The number of ether oxygens (including phenoxy) is 2. The van der Waals surface area contributed by atoms with Crippen LogP contribution >= 0.6 is 0 Å². The molecule has 0 aromatic rings. The molecule has 1 saturated heterocycles. The zero-order valence-corrected chi connectivity index (χ0v) is 7.82. The van der Waals surface area contributed by atoms with Crippen LogP contribution in [-0.4, -0.2) is 24.8 Å².